The molecule has 5 atom stereocenters. The van der Waals surface area contributed by atoms with Crippen LogP contribution in [0.1, 0.15) is 57.9 Å². The highest BCUT2D eigenvalue weighted by molar-refractivity contribution is 5.80. The van der Waals surface area contributed by atoms with E-state index in [0.717, 1.165) is 31.4 Å². The molecule has 1 fully saturated rings. The first-order chi connectivity index (χ1) is 10.9. The third-order valence-electron chi connectivity index (χ3n) is 5.60. The Kier molecular flexibility index (Phi) is 4.37. The Labute approximate surface area is 138 Å². The second-order valence-electron chi connectivity index (χ2n) is 7.51. The first-order valence-electron chi connectivity index (χ1n) is 8.75. The summed E-state index contributed by atoms with van der Waals surface area (Å²) in [5, 5.41) is 3.17. The fourth-order valence-corrected chi connectivity index (χ4v) is 4.12. The van der Waals surface area contributed by atoms with Crippen molar-refractivity contribution in [3.05, 3.63) is 29.8 Å². The van der Waals surface area contributed by atoms with Gasteiger partial charge in [0.25, 0.3) is 0 Å². The van der Waals surface area contributed by atoms with Gasteiger partial charge >= 0.3 is 0 Å². The molecule has 1 amide bonds. The molecule has 1 aromatic carbocycles. The zero-order valence-electron chi connectivity index (χ0n) is 14.3. The van der Waals surface area contributed by atoms with E-state index in [1.165, 1.54) is 5.56 Å². The maximum atomic E-state index is 12.7. The number of amides is 1. The normalized spacial score (nSPS) is 34.3. The Balaban J connectivity index is 1.66. The standard InChI is InChI=1S/C19H28N2O2/c1-12-14-8-4-5-10-16(14)23-17(12)13(2)21-18(22)15-9-6-7-11-19(15,3)20/h4-5,8,10,12-13,15,17H,6-7,9,11,20H2,1-3H3,(H,21,22). The molecule has 4 nitrogen and oxygen atoms in total. The lowest BCUT2D eigenvalue weighted by atomic mass is 9.74. The molecule has 0 spiro atoms. The van der Waals surface area contributed by atoms with E-state index in [1.54, 1.807) is 0 Å². The molecule has 2 aliphatic rings. The van der Waals surface area contributed by atoms with Gasteiger partial charge in [0.1, 0.15) is 11.9 Å². The first kappa shape index (κ1) is 16.3. The zero-order valence-corrected chi connectivity index (χ0v) is 14.3. The van der Waals surface area contributed by atoms with Crippen molar-refractivity contribution >= 4 is 5.91 Å². The van der Waals surface area contributed by atoms with Gasteiger partial charge in [-0.15, -0.1) is 0 Å². The van der Waals surface area contributed by atoms with E-state index in [2.05, 4.69) is 18.3 Å². The third-order valence-corrected chi connectivity index (χ3v) is 5.60. The van der Waals surface area contributed by atoms with Crippen molar-refractivity contribution in [3.63, 3.8) is 0 Å². The van der Waals surface area contributed by atoms with Crippen molar-refractivity contribution in [2.45, 2.75) is 70.1 Å². The SMILES string of the molecule is CC(NC(=O)C1CCCCC1(C)N)C1Oc2ccccc2C1C. The molecule has 1 saturated carbocycles. The lowest BCUT2D eigenvalue weighted by Crippen LogP contribution is -2.55. The summed E-state index contributed by atoms with van der Waals surface area (Å²) >= 11 is 0. The molecule has 0 bridgehead atoms. The van der Waals surface area contributed by atoms with Gasteiger partial charge in [-0.1, -0.05) is 38.0 Å². The van der Waals surface area contributed by atoms with E-state index >= 15 is 0 Å². The predicted octanol–water partition coefficient (Wildman–Crippen LogP) is 2.96. The molecule has 5 unspecified atom stereocenters. The van der Waals surface area contributed by atoms with Gasteiger partial charge in [0.15, 0.2) is 0 Å². The maximum absolute atomic E-state index is 12.7. The molecular formula is C19H28N2O2. The number of benzene rings is 1. The highest BCUT2D eigenvalue weighted by Gasteiger charge is 2.40. The monoisotopic (exact) mass is 316 g/mol. The summed E-state index contributed by atoms with van der Waals surface area (Å²) in [6, 6.07) is 8.08. The molecule has 4 heteroatoms. The Morgan fingerprint density at radius 1 is 1.39 bits per heavy atom. The van der Waals surface area contributed by atoms with Crippen LogP contribution in [0, 0.1) is 5.92 Å². The van der Waals surface area contributed by atoms with Crippen LogP contribution in [0.3, 0.4) is 0 Å². The Hall–Kier alpha value is -1.55. The largest absolute Gasteiger partial charge is 0.487 e. The number of hydrogen-bond acceptors (Lipinski definition) is 3. The average molecular weight is 316 g/mol. The number of para-hydroxylation sites is 1. The van der Waals surface area contributed by atoms with E-state index in [-0.39, 0.29) is 29.9 Å². The quantitative estimate of drug-likeness (QED) is 0.901. The molecule has 1 heterocycles. The Morgan fingerprint density at radius 2 is 2.13 bits per heavy atom. The summed E-state index contributed by atoms with van der Waals surface area (Å²) in [5.74, 6) is 1.19. The molecule has 126 valence electrons. The van der Waals surface area contributed by atoms with Gasteiger partial charge in [-0.05, 0) is 32.8 Å². The molecule has 23 heavy (non-hydrogen) atoms. The summed E-state index contributed by atoms with van der Waals surface area (Å²) in [6.07, 6.45) is 3.98. The molecule has 0 radical (unpaired) electrons. The number of carbonyl (C=O) groups is 1. The van der Waals surface area contributed by atoms with Crippen LogP contribution >= 0.6 is 0 Å². The van der Waals surface area contributed by atoms with E-state index < -0.39 is 5.54 Å². The van der Waals surface area contributed by atoms with Crippen molar-refractivity contribution in [2.75, 3.05) is 0 Å². The van der Waals surface area contributed by atoms with Crippen LogP contribution < -0.4 is 15.8 Å². The van der Waals surface area contributed by atoms with Crippen LogP contribution in [0.2, 0.25) is 0 Å². The second kappa shape index (κ2) is 6.16. The topological polar surface area (TPSA) is 64.4 Å². The summed E-state index contributed by atoms with van der Waals surface area (Å²) < 4.78 is 6.08. The van der Waals surface area contributed by atoms with Gasteiger partial charge in [-0.2, -0.15) is 0 Å². The molecule has 1 aliphatic carbocycles. The number of carbonyl (C=O) groups excluding carboxylic acids is 1. The van der Waals surface area contributed by atoms with E-state index in [4.69, 9.17) is 10.5 Å². The van der Waals surface area contributed by atoms with Crippen molar-refractivity contribution < 1.29 is 9.53 Å². The summed E-state index contributed by atoms with van der Waals surface area (Å²) in [5.41, 5.74) is 7.18. The molecule has 0 saturated heterocycles. The van der Waals surface area contributed by atoms with E-state index in [0.29, 0.717) is 0 Å². The second-order valence-corrected chi connectivity index (χ2v) is 7.51. The van der Waals surface area contributed by atoms with Crippen molar-refractivity contribution in [1.29, 1.82) is 0 Å². The van der Waals surface area contributed by atoms with E-state index in [9.17, 15) is 4.79 Å². The van der Waals surface area contributed by atoms with Gasteiger partial charge in [0.2, 0.25) is 5.91 Å². The lowest BCUT2D eigenvalue weighted by Gasteiger charge is -2.38. The molecule has 0 aromatic heterocycles. The van der Waals surface area contributed by atoms with E-state index in [1.807, 2.05) is 32.0 Å². The molecule has 3 rings (SSSR count). The smallest absolute Gasteiger partial charge is 0.225 e. The average Bonchev–Trinajstić information content (AvgIpc) is 2.84. The number of ether oxygens (including phenoxy) is 1. The molecular weight excluding hydrogens is 288 g/mol. The Bertz CT molecular complexity index is 584. The van der Waals surface area contributed by atoms with Gasteiger partial charge in [0, 0.05) is 17.0 Å². The number of fused-ring (bicyclic) bond motifs is 1. The summed E-state index contributed by atoms with van der Waals surface area (Å²) in [4.78, 5) is 12.7. The molecule has 3 N–H and O–H groups in total. The van der Waals surface area contributed by atoms with Crippen LogP contribution in [-0.2, 0) is 4.79 Å². The minimum absolute atomic E-state index is 0.0241. The number of hydrogen-bond donors (Lipinski definition) is 2. The first-order valence-corrected chi connectivity index (χ1v) is 8.75. The van der Waals surface area contributed by atoms with Crippen LogP contribution in [0.4, 0.5) is 0 Å². The van der Waals surface area contributed by atoms with Gasteiger partial charge < -0.3 is 15.8 Å². The lowest BCUT2D eigenvalue weighted by molar-refractivity contribution is -0.129. The number of nitrogens with two attached hydrogens (primary N) is 1. The molecule has 1 aliphatic heterocycles. The van der Waals surface area contributed by atoms with Crippen LogP contribution in [0.5, 0.6) is 5.75 Å². The number of rotatable bonds is 3. The zero-order chi connectivity index (χ0) is 16.6. The van der Waals surface area contributed by atoms with Gasteiger partial charge in [0.05, 0.1) is 12.0 Å². The fraction of sp³-hybridized carbons (Fsp3) is 0.632. The molecule has 1 aromatic rings. The summed E-state index contributed by atoms with van der Waals surface area (Å²) in [7, 11) is 0. The minimum Gasteiger partial charge on any atom is -0.487 e. The van der Waals surface area contributed by atoms with Crippen molar-refractivity contribution in [1.82, 2.24) is 5.32 Å². The van der Waals surface area contributed by atoms with Crippen molar-refractivity contribution in [3.8, 4) is 5.75 Å². The minimum atomic E-state index is -0.396. The summed E-state index contributed by atoms with van der Waals surface area (Å²) in [6.45, 7) is 6.19. The van der Waals surface area contributed by atoms with Crippen LogP contribution in [-0.4, -0.2) is 23.6 Å². The third kappa shape index (κ3) is 3.09. The number of nitrogens with one attached hydrogen (secondary N) is 1. The highest BCUT2D eigenvalue weighted by atomic mass is 16.5. The highest BCUT2D eigenvalue weighted by Crippen LogP contribution is 2.39. The van der Waals surface area contributed by atoms with Crippen LogP contribution in [0.25, 0.3) is 0 Å². The predicted molar refractivity (Wildman–Crippen MR) is 91.4 cm³/mol. The Morgan fingerprint density at radius 3 is 2.83 bits per heavy atom. The van der Waals surface area contributed by atoms with Gasteiger partial charge in [-0.3, -0.25) is 4.79 Å². The maximum Gasteiger partial charge on any atom is 0.225 e. The fourth-order valence-electron chi connectivity index (χ4n) is 4.12. The van der Waals surface area contributed by atoms with Gasteiger partial charge in [-0.25, -0.2) is 0 Å². The van der Waals surface area contributed by atoms with Crippen molar-refractivity contribution in [2.24, 2.45) is 11.7 Å². The van der Waals surface area contributed by atoms with Crippen LogP contribution in [0.15, 0.2) is 24.3 Å².